The fourth-order valence-corrected chi connectivity index (χ4v) is 2.33. The van der Waals surface area contributed by atoms with Gasteiger partial charge in [-0.3, -0.25) is 14.9 Å². The van der Waals surface area contributed by atoms with Gasteiger partial charge in [0.05, 0.1) is 36.8 Å². The number of amides is 1. The normalized spacial score (nSPS) is 11.0. The zero-order valence-electron chi connectivity index (χ0n) is 15.8. The van der Waals surface area contributed by atoms with E-state index >= 15 is 0 Å². The second-order valence-electron chi connectivity index (χ2n) is 5.71. The summed E-state index contributed by atoms with van der Waals surface area (Å²) >= 11 is 0. The van der Waals surface area contributed by atoms with Crippen molar-refractivity contribution >= 4 is 23.3 Å². The first kappa shape index (κ1) is 21.2. The fraction of sp³-hybridized carbons (Fsp3) is 0.211. The lowest BCUT2D eigenvalue weighted by atomic mass is 10.1. The average Bonchev–Trinajstić information content (AvgIpc) is 2.72. The van der Waals surface area contributed by atoms with Crippen molar-refractivity contribution in [2.24, 2.45) is 0 Å². The van der Waals surface area contributed by atoms with E-state index < -0.39 is 28.6 Å². The van der Waals surface area contributed by atoms with Gasteiger partial charge in [0.2, 0.25) is 0 Å². The number of benzene rings is 2. The monoisotopic (exact) mass is 399 g/mol. The molecule has 2 rings (SSSR count). The summed E-state index contributed by atoms with van der Waals surface area (Å²) in [5, 5.41) is 22.6. The SMILES string of the molecule is COc1cc(C(=O)O[C@@H](C)C(=O)Nc2ccc(C#N)cc2)c([N+](=O)[O-])cc1OC. The topological polar surface area (TPSA) is 141 Å². The first-order chi connectivity index (χ1) is 13.8. The fourth-order valence-electron chi connectivity index (χ4n) is 2.33. The van der Waals surface area contributed by atoms with Gasteiger partial charge in [-0.05, 0) is 31.2 Å². The maximum absolute atomic E-state index is 12.4. The van der Waals surface area contributed by atoms with Gasteiger partial charge in [-0.2, -0.15) is 5.26 Å². The predicted octanol–water partition coefficient (Wildman–Crippen LogP) is 2.67. The zero-order valence-corrected chi connectivity index (χ0v) is 15.8. The highest BCUT2D eigenvalue weighted by Crippen LogP contribution is 2.35. The highest BCUT2D eigenvalue weighted by atomic mass is 16.6. The number of carbonyl (C=O) groups is 2. The maximum Gasteiger partial charge on any atom is 0.346 e. The third kappa shape index (κ3) is 4.98. The Morgan fingerprint density at radius 1 is 1.14 bits per heavy atom. The van der Waals surface area contributed by atoms with Gasteiger partial charge >= 0.3 is 5.97 Å². The first-order valence-electron chi connectivity index (χ1n) is 8.23. The summed E-state index contributed by atoms with van der Waals surface area (Å²) in [4.78, 5) is 35.2. The molecule has 29 heavy (non-hydrogen) atoms. The van der Waals surface area contributed by atoms with Gasteiger partial charge in [0.1, 0.15) is 5.56 Å². The summed E-state index contributed by atoms with van der Waals surface area (Å²) in [6, 6.07) is 10.2. The Morgan fingerprint density at radius 2 is 1.72 bits per heavy atom. The van der Waals surface area contributed by atoms with Crippen LogP contribution in [0.5, 0.6) is 11.5 Å². The molecule has 0 unspecified atom stereocenters. The summed E-state index contributed by atoms with van der Waals surface area (Å²) < 4.78 is 15.1. The molecule has 2 aromatic carbocycles. The molecule has 10 heteroatoms. The Labute approximate surface area is 165 Å². The second-order valence-corrected chi connectivity index (χ2v) is 5.71. The molecule has 0 saturated carbocycles. The molecule has 10 nitrogen and oxygen atoms in total. The number of hydrogen-bond donors (Lipinski definition) is 1. The van der Waals surface area contributed by atoms with Gasteiger partial charge in [0.15, 0.2) is 17.6 Å². The van der Waals surface area contributed by atoms with Crippen LogP contribution in [-0.2, 0) is 9.53 Å². The van der Waals surface area contributed by atoms with E-state index in [1.165, 1.54) is 45.4 Å². The Morgan fingerprint density at radius 3 is 2.24 bits per heavy atom. The largest absolute Gasteiger partial charge is 0.493 e. The van der Waals surface area contributed by atoms with E-state index in [0.29, 0.717) is 11.3 Å². The van der Waals surface area contributed by atoms with Crippen LogP contribution < -0.4 is 14.8 Å². The smallest absolute Gasteiger partial charge is 0.346 e. The molecule has 0 fully saturated rings. The Kier molecular flexibility index (Phi) is 6.71. The number of esters is 1. The van der Waals surface area contributed by atoms with E-state index in [0.717, 1.165) is 12.1 Å². The molecule has 2 aromatic rings. The van der Waals surface area contributed by atoms with E-state index in [1.54, 1.807) is 0 Å². The summed E-state index contributed by atoms with van der Waals surface area (Å²) in [6.45, 7) is 1.32. The van der Waals surface area contributed by atoms with Crippen molar-refractivity contribution in [3.63, 3.8) is 0 Å². The minimum Gasteiger partial charge on any atom is -0.493 e. The molecule has 0 aromatic heterocycles. The second kappa shape index (κ2) is 9.18. The van der Waals surface area contributed by atoms with Gasteiger partial charge < -0.3 is 19.5 Å². The lowest BCUT2D eigenvalue weighted by Crippen LogP contribution is -2.30. The van der Waals surface area contributed by atoms with Crippen molar-refractivity contribution < 1.29 is 28.7 Å². The average molecular weight is 399 g/mol. The van der Waals surface area contributed by atoms with Crippen molar-refractivity contribution in [1.29, 1.82) is 5.26 Å². The van der Waals surface area contributed by atoms with Crippen molar-refractivity contribution in [2.75, 3.05) is 19.5 Å². The predicted molar refractivity (Wildman–Crippen MR) is 101 cm³/mol. The first-order valence-corrected chi connectivity index (χ1v) is 8.23. The van der Waals surface area contributed by atoms with Crippen molar-refractivity contribution in [3.05, 3.63) is 57.6 Å². The maximum atomic E-state index is 12.4. The van der Waals surface area contributed by atoms with Gasteiger partial charge in [0.25, 0.3) is 11.6 Å². The van der Waals surface area contributed by atoms with Gasteiger partial charge in [0, 0.05) is 11.8 Å². The van der Waals surface area contributed by atoms with Crippen LogP contribution >= 0.6 is 0 Å². The minimum atomic E-state index is -1.24. The molecule has 1 atom stereocenters. The van der Waals surface area contributed by atoms with Crippen LogP contribution in [-0.4, -0.2) is 37.1 Å². The number of nitro benzene ring substituents is 1. The highest BCUT2D eigenvalue weighted by Gasteiger charge is 2.28. The molecular weight excluding hydrogens is 382 g/mol. The lowest BCUT2D eigenvalue weighted by molar-refractivity contribution is -0.385. The molecule has 0 aliphatic rings. The number of rotatable bonds is 7. The molecule has 0 aliphatic heterocycles. The van der Waals surface area contributed by atoms with E-state index in [9.17, 15) is 19.7 Å². The number of carbonyl (C=O) groups excluding carboxylic acids is 2. The quantitative estimate of drug-likeness (QED) is 0.425. The number of nitro groups is 1. The van der Waals surface area contributed by atoms with E-state index in [2.05, 4.69) is 5.32 Å². The van der Waals surface area contributed by atoms with E-state index in [1.807, 2.05) is 6.07 Å². The van der Waals surface area contributed by atoms with Crippen LogP contribution in [0.1, 0.15) is 22.8 Å². The molecule has 0 heterocycles. The van der Waals surface area contributed by atoms with Gasteiger partial charge in [-0.25, -0.2) is 4.79 Å². The van der Waals surface area contributed by atoms with E-state index in [-0.39, 0.29) is 17.1 Å². The number of hydrogen-bond acceptors (Lipinski definition) is 8. The molecular formula is C19H17N3O7. The van der Waals surface area contributed by atoms with E-state index in [4.69, 9.17) is 19.5 Å². The number of ether oxygens (including phenoxy) is 3. The van der Waals surface area contributed by atoms with Gasteiger partial charge in [-0.15, -0.1) is 0 Å². The van der Waals surface area contributed by atoms with Gasteiger partial charge in [-0.1, -0.05) is 0 Å². The summed E-state index contributed by atoms with van der Waals surface area (Å²) in [6.07, 6.45) is -1.24. The van der Waals surface area contributed by atoms with Crippen molar-refractivity contribution in [1.82, 2.24) is 0 Å². The number of nitriles is 1. The summed E-state index contributed by atoms with van der Waals surface area (Å²) in [7, 11) is 2.61. The lowest BCUT2D eigenvalue weighted by Gasteiger charge is -2.15. The molecule has 0 spiro atoms. The summed E-state index contributed by atoms with van der Waals surface area (Å²) in [5.41, 5.74) is -0.116. The summed E-state index contributed by atoms with van der Waals surface area (Å²) in [5.74, 6) is -1.55. The van der Waals surface area contributed by atoms with Crippen LogP contribution in [0.3, 0.4) is 0 Å². The molecule has 0 saturated heterocycles. The Balaban J connectivity index is 2.18. The molecule has 0 bridgehead atoms. The molecule has 1 amide bonds. The van der Waals surface area contributed by atoms with Crippen molar-refractivity contribution in [3.8, 4) is 17.6 Å². The van der Waals surface area contributed by atoms with Crippen LogP contribution in [0, 0.1) is 21.4 Å². The Hall–Kier alpha value is -4.13. The number of anilines is 1. The van der Waals surface area contributed by atoms with Crippen LogP contribution in [0.2, 0.25) is 0 Å². The van der Waals surface area contributed by atoms with Crippen molar-refractivity contribution in [2.45, 2.75) is 13.0 Å². The number of nitrogens with zero attached hydrogens (tertiary/aromatic N) is 2. The molecule has 1 N–H and O–H groups in total. The molecule has 0 aliphatic carbocycles. The van der Waals surface area contributed by atoms with Crippen LogP contribution in [0.15, 0.2) is 36.4 Å². The minimum absolute atomic E-state index is 0.0716. The third-order valence-electron chi connectivity index (χ3n) is 3.85. The number of nitrogens with one attached hydrogen (secondary N) is 1. The molecule has 0 radical (unpaired) electrons. The standard InChI is InChI=1S/C19H17N3O7/c1-11(18(23)21-13-6-4-12(10-20)5-7-13)29-19(24)14-8-16(27-2)17(28-3)9-15(14)22(25)26/h4-9,11H,1-3H3,(H,21,23)/t11-/m0/s1. The van der Waals surface area contributed by atoms with Crippen LogP contribution in [0.25, 0.3) is 0 Å². The van der Waals surface area contributed by atoms with Crippen LogP contribution in [0.4, 0.5) is 11.4 Å². The zero-order chi connectivity index (χ0) is 21.6. The Bertz CT molecular complexity index is 981. The number of methoxy groups -OCH3 is 2. The highest BCUT2D eigenvalue weighted by molar-refractivity contribution is 5.99. The third-order valence-corrected chi connectivity index (χ3v) is 3.85. The molecule has 150 valence electrons.